The van der Waals surface area contributed by atoms with Crippen LogP contribution in [0.25, 0.3) is 0 Å². The Morgan fingerprint density at radius 3 is 2.20 bits per heavy atom. The lowest BCUT2D eigenvalue weighted by atomic mass is 9.58. The summed E-state index contributed by atoms with van der Waals surface area (Å²) in [6.07, 6.45) is 10.1. The predicted molar refractivity (Wildman–Crippen MR) is 91.9 cm³/mol. The first-order valence-electron chi connectivity index (χ1n) is 9.30. The largest absolute Gasteiger partial charge is 0.0649 e. The molecule has 0 aliphatic heterocycles. The van der Waals surface area contributed by atoms with E-state index < -0.39 is 0 Å². The smallest absolute Gasteiger partial charge is 0.0298 e. The lowest BCUT2D eigenvalue weighted by molar-refractivity contribution is 0.0249. The number of hydrogen-bond donors (Lipinski definition) is 0. The third kappa shape index (κ3) is 4.78. The zero-order valence-electron chi connectivity index (χ0n) is 15.3. The van der Waals surface area contributed by atoms with Crippen molar-refractivity contribution in [1.29, 1.82) is 0 Å². The van der Waals surface area contributed by atoms with Gasteiger partial charge in [-0.3, -0.25) is 0 Å². The van der Waals surface area contributed by atoms with Gasteiger partial charge in [-0.15, -0.1) is 0 Å². The fourth-order valence-electron chi connectivity index (χ4n) is 4.55. The highest BCUT2D eigenvalue weighted by atomic mass is 14.5. The van der Waals surface area contributed by atoms with Crippen LogP contribution in [0.3, 0.4) is 0 Å². The van der Waals surface area contributed by atoms with Crippen molar-refractivity contribution in [3.63, 3.8) is 0 Å². The molecule has 0 saturated heterocycles. The molecule has 0 aromatic rings. The Morgan fingerprint density at radius 2 is 1.70 bits per heavy atom. The summed E-state index contributed by atoms with van der Waals surface area (Å²) < 4.78 is 0. The summed E-state index contributed by atoms with van der Waals surface area (Å²) in [4.78, 5) is 0. The molecule has 1 fully saturated rings. The van der Waals surface area contributed by atoms with Crippen LogP contribution in [-0.2, 0) is 0 Å². The normalized spacial score (nSPS) is 32.9. The molecule has 20 heavy (non-hydrogen) atoms. The minimum absolute atomic E-state index is 0.613. The van der Waals surface area contributed by atoms with Crippen LogP contribution < -0.4 is 0 Å². The van der Waals surface area contributed by atoms with Crippen molar-refractivity contribution in [2.75, 3.05) is 0 Å². The number of rotatable bonds is 7. The van der Waals surface area contributed by atoms with E-state index in [0.717, 1.165) is 29.6 Å². The van der Waals surface area contributed by atoms with Gasteiger partial charge in [-0.05, 0) is 54.3 Å². The van der Waals surface area contributed by atoms with Crippen LogP contribution in [0.15, 0.2) is 0 Å². The monoisotopic (exact) mass is 280 g/mol. The van der Waals surface area contributed by atoms with Gasteiger partial charge in [0.25, 0.3) is 0 Å². The molecular formula is C20H40. The van der Waals surface area contributed by atoms with Crippen molar-refractivity contribution in [3.05, 3.63) is 0 Å². The molecule has 4 atom stereocenters. The first-order valence-corrected chi connectivity index (χ1v) is 9.30. The maximum atomic E-state index is 2.55. The lowest BCUT2D eigenvalue weighted by Crippen LogP contribution is -2.38. The average molecular weight is 281 g/mol. The van der Waals surface area contributed by atoms with Gasteiger partial charge in [0.1, 0.15) is 0 Å². The van der Waals surface area contributed by atoms with E-state index in [9.17, 15) is 0 Å². The second-order valence-electron chi connectivity index (χ2n) is 8.69. The van der Waals surface area contributed by atoms with Gasteiger partial charge in [-0.25, -0.2) is 0 Å². The molecule has 0 radical (unpaired) electrons. The predicted octanol–water partition coefficient (Wildman–Crippen LogP) is 6.94. The van der Waals surface area contributed by atoms with Gasteiger partial charge in [0.05, 0.1) is 0 Å². The van der Waals surface area contributed by atoms with Crippen molar-refractivity contribution in [2.24, 2.45) is 35.0 Å². The maximum absolute atomic E-state index is 2.55. The Kier molecular flexibility index (Phi) is 7.09. The first kappa shape index (κ1) is 18.1. The van der Waals surface area contributed by atoms with Gasteiger partial charge in [0.2, 0.25) is 0 Å². The molecule has 0 bridgehead atoms. The van der Waals surface area contributed by atoms with Gasteiger partial charge >= 0.3 is 0 Å². The van der Waals surface area contributed by atoms with Crippen LogP contribution in [0.2, 0.25) is 0 Å². The molecule has 0 aromatic carbocycles. The van der Waals surface area contributed by atoms with E-state index in [0.29, 0.717) is 5.41 Å². The highest BCUT2D eigenvalue weighted by molar-refractivity contribution is 4.91. The summed E-state index contributed by atoms with van der Waals surface area (Å²) in [5.74, 6) is 4.61. The van der Waals surface area contributed by atoms with Crippen LogP contribution >= 0.6 is 0 Å². The fraction of sp³-hybridized carbons (Fsp3) is 1.00. The molecule has 4 unspecified atom stereocenters. The quantitative estimate of drug-likeness (QED) is 0.474. The third-order valence-corrected chi connectivity index (χ3v) is 6.40. The molecule has 120 valence electrons. The summed E-state index contributed by atoms with van der Waals surface area (Å²) in [5.41, 5.74) is 0.613. The van der Waals surface area contributed by atoms with Crippen LogP contribution in [0.4, 0.5) is 0 Å². The van der Waals surface area contributed by atoms with E-state index in [2.05, 4.69) is 48.5 Å². The summed E-state index contributed by atoms with van der Waals surface area (Å²) in [7, 11) is 0. The van der Waals surface area contributed by atoms with E-state index in [4.69, 9.17) is 0 Å². The summed E-state index contributed by atoms with van der Waals surface area (Å²) in [6, 6.07) is 0. The third-order valence-electron chi connectivity index (χ3n) is 6.40. The molecule has 0 heterocycles. The molecule has 0 aromatic heterocycles. The molecule has 0 heteroatoms. The van der Waals surface area contributed by atoms with Crippen molar-refractivity contribution in [3.8, 4) is 0 Å². The highest BCUT2D eigenvalue weighted by Crippen LogP contribution is 2.50. The van der Waals surface area contributed by atoms with Crippen LogP contribution in [-0.4, -0.2) is 0 Å². The molecule has 1 aliphatic carbocycles. The highest BCUT2D eigenvalue weighted by Gasteiger charge is 2.40. The zero-order chi connectivity index (χ0) is 15.3. The molecule has 1 saturated carbocycles. The Hall–Kier alpha value is 0. The molecule has 0 spiro atoms. The second kappa shape index (κ2) is 7.85. The van der Waals surface area contributed by atoms with Crippen molar-refractivity contribution >= 4 is 0 Å². The molecule has 0 nitrogen and oxygen atoms in total. The van der Waals surface area contributed by atoms with Gasteiger partial charge in [0, 0.05) is 0 Å². The minimum Gasteiger partial charge on any atom is -0.0649 e. The van der Waals surface area contributed by atoms with Crippen LogP contribution in [0, 0.1) is 35.0 Å². The molecule has 1 aliphatic rings. The van der Waals surface area contributed by atoms with Crippen molar-refractivity contribution in [2.45, 2.75) is 93.4 Å². The first-order chi connectivity index (χ1) is 9.30. The molecule has 0 N–H and O–H groups in total. The number of hydrogen-bond acceptors (Lipinski definition) is 0. The maximum Gasteiger partial charge on any atom is -0.0298 e. The zero-order valence-corrected chi connectivity index (χ0v) is 15.3. The van der Waals surface area contributed by atoms with Crippen molar-refractivity contribution in [1.82, 2.24) is 0 Å². The Morgan fingerprint density at radius 1 is 1.05 bits per heavy atom. The fourth-order valence-corrected chi connectivity index (χ4v) is 4.55. The average Bonchev–Trinajstić information content (AvgIpc) is 2.38. The molecule has 0 amide bonds. The minimum atomic E-state index is 0.613. The summed E-state index contributed by atoms with van der Waals surface area (Å²) in [6.45, 7) is 17.1. The van der Waals surface area contributed by atoms with Gasteiger partial charge in [-0.2, -0.15) is 0 Å². The second-order valence-corrected chi connectivity index (χ2v) is 8.69. The molecule has 1 rings (SSSR count). The Balaban J connectivity index is 2.53. The summed E-state index contributed by atoms with van der Waals surface area (Å²) >= 11 is 0. The lowest BCUT2D eigenvalue weighted by Gasteiger charge is -2.48. The van der Waals surface area contributed by atoms with E-state index in [1.807, 2.05) is 0 Å². The van der Waals surface area contributed by atoms with Crippen molar-refractivity contribution < 1.29 is 0 Å². The van der Waals surface area contributed by atoms with Gasteiger partial charge in [-0.1, -0.05) is 74.1 Å². The standard InChI is InChI=1S/C20H40/c1-8-20(7)13-12-18(14-19(20)16(4)5)17(6)11-9-10-15(2)3/h15-19H,8-14H2,1-7H3. The summed E-state index contributed by atoms with van der Waals surface area (Å²) in [5, 5.41) is 0. The Bertz CT molecular complexity index is 265. The molecular weight excluding hydrogens is 240 g/mol. The van der Waals surface area contributed by atoms with E-state index in [1.165, 1.54) is 44.9 Å². The van der Waals surface area contributed by atoms with E-state index in [-0.39, 0.29) is 0 Å². The van der Waals surface area contributed by atoms with Gasteiger partial charge in [0.15, 0.2) is 0 Å². The van der Waals surface area contributed by atoms with E-state index in [1.54, 1.807) is 0 Å². The topological polar surface area (TPSA) is 0 Å². The van der Waals surface area contributed by atoms with Crippen LogP contribution in [0.1, 0.15) is 93.4 Å². The van der Waals surface area contributed by atoms with Gasteiger partial charge < -0.3 is 0 Å². The van der Waals surface area contributed by atoms with E-state index >= 15 is 0 Å². The SMILES string of the molecule is CCC1(C)CCC(C(C)CCCC(C)C)CC1C(C)C. The van der Waals surface area contributed by atoms with Crippen LogP contribution in [0.5, 0.6) is 0 Å². The Labute approximate surface area is 129 Å².